The standard InChI is InChI=1S/C19H17F3N4O2S2.C2H6/c20-19(21,22)30(28)11-7-5-10(6-8-11)9-24-17(27)16-15(23)14-12-3-1-2-4-13(12)25-26-18(14)29-16;1-2/h5-8H,1-4,9,23H2,(H,24,27);1-2H3. The third-order valence-corrected chi connectivity index (χ3v) is 7.14. The molecule has 1 aromatic carbocycles. The highest BCUT2D eigenvalue weighted by Gasteiger charge is 2.37. The molecule has 0 fully saturated rings. The average Bonchev–Trinajstić information content (AvgIpc) is 3.15. The Balaban J connectivity index is 0.00000141. The fourth-order valence-electron chi connectivity index (χ4n) is 3.46. The zero-order valence-corrected chi connectivity index (χ0v) is 19.2. The summed E-state index contributed by atoms with van der Waals surface area (Å²) in [5.41, 5.74) is 4.41. The van der Waals surface area contributed by atoms with Crippen molar-refractivity contribution in [1.82, 2.24) is 15.5 Å². The second kappa shape index (κ2) is 9.95. The SMILES string of the molecule is CC.Nc1c(C(=O)NCc2ccc(S(=O)C(F)(F)F)cc2)sc2nnc3c(c12)CCCC3. The monoisotopic (exact) mass is 484 g/mol. The van der Waals surface area contributed by atoms with Crippen LogP contribution in [0.5, 0.6) is 0 Å². The Morgan fingerprint density at radius 1 is 1.16 bits per heavy atom. The van der Waals surface area contributed by atoms with Crippen LogP contribution in [0.25, 0.3) is 10.2 Å². The molecule has 0 spiro atoms. The Morgan fingerprint density at radius 2 is 1.81 bits per heavy atom. The number of benzene rings is 1. The summed E-state index contributed by atoms with van der Waals surface area (Å²) in [6.07, 6.45) is 3.80. The van der Waals surface area contributed by atoms with Crippen molar-refractivity contribution in [1.29, 1.82) is 0 Å². The van der Waals surface area contributed by atoms with Crippen LogP contribution < -0.4 is 11.1 Å². The summed E-state index contributed by atoms with van der Waals surface area (Å²) in [4.78, 5) is 13.3. The number of carbonyl (C=O) groups excluding carboxylic acids is 1. The van der Waals surface area contributed by atoms with Gasteiger partial charge < -0.3 is 11.1 Å². The first-order valence-electron chi connectivity index (χ1n) is 10.2. The lowest BCUT2D eigenvalue weighted by Crippen LogP contribution is -2.22. The van der Waals surface area contributed by atoms with Gasteiger partial charge in [0.1, 0.15) is 9.71 Å². The lowest BCUT2D eigenvalue weighted by atomic mass is 9.94. The molecule has 1 aliphatic carbocycles. The molecule has 3 N–H and O–H groups in total. The molecule has 11 heteroatoms. The molecule has 32 heavy (non-hydrogen) atoms. The number of hydrogen-bond donors (Lipinski definition) is 2. The van der Waals surface area contributed by atoms with Gasteiger partial charge in [-0.15, -0.1) is 16.4 Å². The molecule has 0 bridgehead atoms. The van der Waals surface area contributed by atoms with Crippen LogP contribution in [0, 0.1) is 0 Å². The van der Waals surface area contributed by atoms with Gasteiger partial charge in [-0.3, -0.25) is 4.79 Å². The van der Waals surface area contributed by atoms with Crippen LogP contribution >= 0.6 is 11.3 Å². The van der Waals surface area contributed by atoms with E-state index < -0.39 is 16.3 Å². The first-order valence-corrected chi connectivity index (χ1v) is 12.1. The molecule has 2 heterocycles. The van der Waals surface area contributed by atoms with Gasteiger partial charge in [-0.25, -0.2) is 4.21 Å². The Morgan fingerprint density at radius 3 is 2.47 bits per heavy atom. The number of aryl methyl sites for hydroxylation is 2. The molecule has 3 aromatic rings. The van der Waals surface area contributed by atoms with Gasteiger partial charge in [0.25, 0.3) is 5.91 Å². The number of nitrogen functional groups attached to an aromatic ring is 1. The summed E-state index contributed by atoms with van der Waals surface area (Å²) < 4.78 is 48.9. The zero-order chi connectivity index (χ0) is 23.5. The van der Waals surface area contributed by atoms with Crippen LogP contribution in [-0.4, -0.2) is 25.8 Å². The number of aromatic nitrogens is 2. The van der Waals surface area contributed by atoms with Crippen molar-refractivity contribution < 1.29 is 22.2 Å². The summed E-state index contributed by atoms with van der Waals surface area (Å²) in [7, 11) is -3.08. The van der Waals surface area contributed by atoms with Crippen molar-refractivity contribution in [3.8, 4) is 0 Å². The van der Waals surface area contributed by atoms with E-state index in [4.69, 9.17) is 5.73 Å². The number of anilines is 1. The highest BCUT2D eigenvalue weighted by Crippen LogP contribution is 2.37. The minimum Gasteiger partial charge on any atom is -0.397 e. The maximum Gasteiger partial charge on any atom is 0.475 e. The van der Waals surface area contributed by atoms with Gasteiger partial charge in [0, 0.05) is 16.8 Å². The maximum absolute atomic E-state index is 12.7. The summed E-state index contributed by atoms with van der Waals surface area (Å²) in [5, 5.41) is 12.0. The third-order valence-electron chi connectivity index (χ3n) is 4.94. The number of fused-ring (bicyclic) bond motifs is 3. The van der Waals surface area contributed by atoms with Gasteiger partial charge >= 0.3 is 5.51 Å². The molecule has 2 aromatic heterocycles. The van der Waals surface area contributed by atoms with Crippen molar-refractivity contribution in [3.05, 3.63) is 46.0 Å². The Bertz CT molecular complexity index is 1140. The van der Waals surface area contributed by atoms with Crippen LogP contribution in [0.3, 0.4) is 0 Å². The van der Waals surface area contributed by atoms with Crippen LogP contribution in [0.1, 0.15) is 53.2 Å². The molecule has 6 nitrogen and oxygen atoms in total. The van der Waals surface area contributed by atoms with E-state index in [0.29, 0.717) is 21.0 Å². The van der Waals surface area contributed by atoms with E-state index in [1.54, 1.807) is 0 Å². The minimum absolute atomic E-state index is 0.0925. The van der Waals surface area contributed by atoms with Crippen LogP contribution in [-0.2, 0) is 30.2 Å². The first kappa shape index (κ1) is 24.1. The third kappa shape index (κ3) is 4.93. The molecule has 0 radical (unpaired) electrons. The van der Waals surface area contributed by atoms with Crippen LogP contribution in [0.4, 0.5) is 18.9 Å². The van der Waals surface area contributed by atoms with Crippen molar-refractivity contribution in [3.63, 3.8) is 0 Å². The highest BCUT2D eigenvalue weighted by molar-refractivity contribution is 7.86. The number of nitrogens with two attached hydrogens (primary N) is 1. The summed E-state index contributed by atoms with van der Waals surface area (Å²) in [6.45, 7) is 4.09. The van der Waals surface area contributed by atoms with E-state index in [1.165, 1.54) is 23.5 Å². The van der Waals surface area contributed by atoms with E-state index in [9.17, 15) is 22.2 Å². The predicted molar refractivity (Wildman–Crippen MR) is 120 cm³/mol. The van der Waals surface area contributed by atoms with E-state index in [1.807, 2.05) is 13.8 Å². The number of nitrogens with one attached hydrogen (secondary N) is 1. The topological polar surface area (TPSA) is 98.0 Å². The minimum atomic E-state index is -4.81. The van der Waals surface area contributed by atoms with E-state index in [0.717, 1.165) is 54.5 Å². The van der Waals surface area contributed by atoms with Gasteiger partial charge in [-0.1, -0.05) is 26.0 Å². The number of amides is 1. The fourth-order valence-corrected chi connectivity index (χ4v) is 5.10. The van der Waals surface area contributed by atoms with Gasteiger partial charge in [0.05, 0.1) is 11.4 Å². The van der Waals surface area contributed by atoms with Crippen molar-refractivity contribution in [2.75, 3.05) is 5.73 Å². The largest absolute Gasteiger partial charge is 0.475 e. The van der Waals surface area contributed by atoms with Gasteiger partial charge in [-0.05, 0) is 48.9 Å². The van der Waals surface area contributed by atoms with Gasteiger partial charge in [0.2, 0.25) is 0 Å². The van der Waals surface area contributed by atoms with Crippen molar-refractivity contribution in [2.24, 2.45) is 0 Å². The van der Waals surface area contributed by atoms with Crippen LogP contribution in [0.2, 0.25) is 0 Å². The van der Waals surface area contributed by atoms with Crippen LogP contribution in [0.15, 0.2) is 29.2 Å². The Hall–Kier alpha value is -2.53. The van der Waals surface area contributed by atoms with Gasteiger partial charge in [0.15, 0.2) is 10.8 Å². The lowest BCUT2D eigenvalue weighted by Gasteiger charge is -2.14. The molecular formula is C21H23F3N4O2S2. The number of rotatable bonds is 4. The molecule has 1 amide bonds. The highest BCUT2D eigenvalue weighted by atomic mass is 32.2. The van der Waals surface area contributed by atoms with E-state index in [2.05, 4.69) is 15.5 Å². The molecular weight excluding hydrogens is 461 g/mol. The number of hydrogen-bond acceptors (Lipinski definition) is 6. The molecule has 0 saturated carbocycles. The number of carbonyl (C=O) groups is 1. The molecule has 0 saturated heterocycles. The molecule has 0 aliphatic heterocycles. The Labute approximate surface area is 189 Å². The smallest absolute Gasteiger partial charge is 0.397 e. The molecule has 1 aliphatic rings. The van der Waals surface area contributed by atoms with Gasteiger partial charge in [-0.2, -0.15) is 18.3 Å². The number of thiophene rings is 1. The second-order valence-corrected chi connectivity index (χ2v) is 9.37. The summed E-state index contributed by atoms with van der Waals surface area (Å²) in [5.74, 6) is -0.386. The quantitative estimate of drug-likeness (QED) is 0.558. The molecule has 4 rings (SSSR count). The second-order valence-electron chi connectivity index (χ2n) is 6.90. The number of alkyl halides is 3. The van der Waals surface area contributed by atoms with Crippen molar-refractivity contribution >= 4 is 43.9 Å². The van der Waals surface area contributed by atoms with Crippen molar-refractivity contribution in [2.45, 2.75) is 56.5 Å². The number of nitrogens with zero attached hydrogens (tertiary/aromatic N) is 2. The molecule has 1 atom stereocenters. The van der Waals surface area contributed by atoms with E-state index in [-0.39, 0.29) is 17.3 Å². The first-order chi connectivity index (χ1) is 15.3. The molecule has 172 valence electrons. The normalized spacial score (nSPS) is 14.3. The zero-order valence-electron chi connectivity index (χ0n) is 17.6. The fraction of sp³-hybridized carbons (Fsp3) is 0.381. The summed E-state index contributed by atoms with van der Waals surface area (Å²) >= 11 is 1.17. The Kier molecular flexibility index (Phi) is 7.50. The molecule has 1 unspecified atom stereocenters. The predicted octanol–water partition coefficient (Wildman–Crippen LogP) is 4.74. The average molecular weight is 485 g/mol. The van der Waals surface area contributed by atoms with E-state index >= 15 is 0 Å². The maximum atomic E-state index is 12.7. The summed E-state index contributed by atoms with van der Waals surface area (Å²) in [6, 6.07) is 5.08. The lowest BCUT2D eigenvalue weighted by molar-refractivity contribution is -0.0384. The number of halogens is 3.